The van der Waals surface area contributed by atoms with E-state index >= 15 is 0 Å². The van der Waals surface area contributed by atoms with Gasteiger partial charge in [-0.05, 0) is 42.5 Å². The second-order valence-electron chi connectivity index (χ2n) is 6.20. The van der Waals surface area contributed by atoms with Crippen LogP contribution in [-0.4, -0.2) is 38.6 Å². The van der Waals surface area contributed by atoms with Crippen LogP contribution in [0.25, 0.3) is 0 Å². The molecule has 1 atom stereocenters. The summed E-state index contributed by atoms with van der Waals surface area (Å²) in [5.74, 6) is 0.856. The Balaban J connectivity index is 1.45. The number of halogens is 1. The molecule has 27 heavy (non-hydrogen) atoms. The largest absolute Gasteiger partial charge is 0.497 e. The molecule has 1 fully saturated rings. The third-order valence-corrected chi connectivity index (χ3v) is 4.58. The Morgan fingerprint density at radius 2 is 1.96 bits per heavy atom. The number of amides is 2. The zero-order chi connectivity index (χ0) is 19.2. The highest BCUT2D eigenvalue weighted by Gasteiger charge is 2.35. The van der Waals surface area contributed by atoms with Crippen LogP contribution in [0.4, 0.5) is 5.69 Å². The van der Waals surface area contributed by atoms with Crippen molar-refractivity contribution in [1.29, 1.82) is 0 Å². The van der Waals surface area contributed by atoms with E-state index in [1.807, 2.05) is 18.2 Å². The van der Waals surface area contributed by atoms with Crippen molar-refractivity contribution < 1.29 is 19.1 Å². The molecule has 1 saturated heterocycles. The molecule has 1 aliphatic rings. The molecule has 6 nitrogen and oxygen atoms in total. The molecule has 1 heterocycles. The first kappa shape index (κ1) is 19.0. The van der Waals surface area contributed by atoms with Gasteiger partial charge in [0.25, 0.3) is 0 Å². The van der Waals surface area contributed by atoms with Crippen LogP contribution in [0.2, 0.25) is 5.02 Å². The van der Waals surface area contributed by atoms with Crippen molar-refractivity contribution in [3.63, 3.8) is 0 Å². The van der Waals surface area contributed by atoms with Crippen LogP contribution in [0.3, 0.4) is 0 Å². The van der Waals surface area contributed by atoms with E-state index in [0.717, 1.165) is 5.75 Å². The highest BCUT2D eigenvalue weighted by atomic mass is 35.5. The summed E-state index contributed by atoms with van der Waals surface area (Å²) in [7, 11) is 1.60. The molecular weight excluding hydrogens is 368 g/mol. The topological polar surface area (TPSA) is 67.9 Å². The summed E-state index contributed by atoms with van der Waals surface area (Å²) in [6.07, 6.45) is 0.192. The minimum absolute atomic E-state index is 0.0769. The van der Waals surface area contributed by atoms with Crippen molar-refractivity contribution in [2.75, 3.05) is 31.7 Å². The number of methoxy groups -OCH3 is 1. The van der Waals surface area contributed by atoms with Gasteiger partial charge in [-0.3, -0.25) is 9.59 Å². The molecule has 2 aromatic rings. The van der Waals surface area contributed by atoms with Crippen molar-refractivity contribution in [3.05, 3.63) is 53.6 Å². The molecule has 0 saturated carbocycles. The van der Waals surface area contributed by atoms with Gasteiger partial charge in [0, 0.05) is 23.7 Å². The van der Waals surface area contributed by atoms with Crippen LogP contribution >= 0.6 is 11.6 Å². The molecule has 7 heteroatoms. The molecule has 3 rings (SSSR count). The van der Waals surface area contributed by atoms with Gasteiger partial charge in [0.2, 0.25) is 11.8 Å². The molecular formula is C20H21ClN2O4. The number of rotatable bonds is 7. The lowest BCUT2D eigenvalue weighted by atomic mass is 10.1. The van der Waals surface area contributed by atoms with Gasteiger partial charge in [-0.15, -0.1) is 0 Å². The van der Waals surface area contributed by atoms with Crippen LogP contribution in [0, 0.1) is 5.92 Å². The van der Waals surface area contributed by atoms with Gasteiger partial charge in [0.05, 0.1) is 19.6 Å². The minimum Gasteiger partial charge on any atom is -0.497 e. The fraction of sp³-hybridized carbons (Fsp3) is 0.300. The number of nitrogens with one attached hydrogen (secondary N) is 1. The predicted molar refractivity (Wildman–Crippen MR) is 103 cm³/mol. The lowest BCUT2D eigenvalue weighted by Gasteiger charge is -2.17. The number of carbonyl (C=O) groups excluding carboxylic acids is 2. The number of nitrogens with zero attached hydrogens (tertiary/aromatic N) is 1. The van der Waals surface area contributed by atoms with Gasteiger partial charge in [-0.1, -0.05) is 17.7 Å². The maximum absolute atomic E-state index is 12.3. The smallest absolute Gasteiger partial charge is 0.227 e. The average Bonchev–Trinajstić information content (AvgIpc) is 3.07. The Bertz CT molecular complexity index is 810. The van der Waals surface area contributed by atoms with Crippen molar-refractivity contribution in [3.8, 4) is 11.5 Å². The lowest BCUT2D eigenvalue weighted by Crippen LogP contribution is -2.35. The zero-order valence-corrected chi connectivity index (χ0v) is 15.7. The minimum atomic E-state index is -0.377. The van der Waals surface area contributed by atoms with Crippen LogP contribution in [0.1, 0.15) is 6.42 Å². The van der Waals surface area contributed by atoms with E-state index in [0.29, 0.717) is 36.2 Å². The highest BCUT2D eigenvalue weighted by Crippen LogP contribution is 2.27. The first-order valence-corrected chi connectivity index (χ1v) is 9.05. The Morgan fingerprint density at radius 1 is 1.22 bits per heavy atom. The van der Waals surface area contributed by atoms with E-state index in [9.17, 15) is 9.59 Å². The molecule has 1 unspecified atom stereocenters. The molecule has 0 bridgehead atoms. The molecule has 0 aromatic heterocycles. The summed E-state index contributed by atoms with van der Waals surface area (Å²) < 4.78 is 10.7. The summed E-state index contributed by atoms with van der Waals surface area (Å²) in [5, 5.41) is 3.39. The maximum atomic E-state index is 12.3. The van der Waals surface area contributed by atoms with Gasteiger partial charge >= 0.3 is 0 Å². The summed E-state index contributed by atoms with van der Waals surface area (Å²) in [4.78, 5) is 26.2. The van der Waals surface area contributed by atoms with Crippen LogP contribution in [-0.2, 0) is 9.59 Å². The van der Waals surface area contributed by atoms with E-state index in [-0.39, 0.29) is 24.2 Å². The van der Waals surface area contributed by atoms with Gasteiger partial charge in [-0.2, -0.15) is 0 Å². The Kier molecular flexibility index (Phi) is 6.19. The molecule has 1 N–H and O–H groups in total. The quantitative estimate of drug-likeness (QED) is 0.740. The number of carbonyl (C=O) groups is 2. The Morgan fingerprint density at radius 3 is 2.67 bits per heavy atom. The standard InChI is InChI=1S/C20H21ClN2O4/c1-26-17-5-7-18(8-6-17)27-10-9-22-20(25)14-11-19(24)23(13-14)16-4-2-3-15(21)12-16/h2-8,12,14H,9-11,13H2,1H3,(H,22,25). The van der Waals surface area contributed by atoms with E-state index < -0.39 is 0 Å². The molecule has 142 valence electrons. The summed E-state index contributed by atoms with van der Waals surface area (Å²) >= 11 is 5.98. The van der Waals surface area contributed by atoms with Crippen molar-refractivity contribution in [1.82, 2.24) is 5.32 Å². The van der Waals surface area contributed by atoms with E-state index in [4.69, 9.17) is 21.1 Å². The fourth-order valence-corrected chi connectivity index (χ4v) is 3.12. The van der Waals surface area contributed by atoms with Crippen LogP contribution < -0.4 is 19.7 Å². The first-order chi connectivity index (χ1) is 13.1. The normalized spacial score (nSPS) is 16.3. The molecule has 2 amide bonds. The maximum Gasteiger partial charge on any atom is 0.227 e. The summed E-state index contributed by atoms with van der Waals surface area (Å²) in [6.45, 7) is 1.06. The van der Waals surface area contributed by atoms with Crippen molar-refractivity contribution >= 4 is 29.1 Å². The molecule has 0 aliphatic carbocycles. The third kappa shape index (κ3) is 4.92. The van der Waals surface area contributed by atoms with Gasteiger partial charge in [0.15, 0.2) is 0 Å². The summed E-state index contributed by atoms with van der Waals surface area (Å²) in [6, 6.07) is 14.3. The first-order valence-electron chi connectivity index (χ1n) is 8.67. The number of benzene rings is 2. The Labute approximate surface area is 163 Å². The van der Waals surface area contributed by atoms with E-state index in [2.05, 4.69) is 5.32 Å². The zero-order valence-electron chi connectivity index (χ0n) is 15.0. The highest BCUT2D eigenvalue weighted by molar-refractivity contribution is 6.31. The monoisotopic (exact) mass is 388 g/mol. The van der Waals surface area contributed by atoms with E-state index in [1.54, 1.807) is 42.3 Å². The van der Waals surface area contributed by atoms with Crippen LogP contribution in [0.15, 0.2) is 48.5 Å². The number of hydrogen-bond acceptors (Lipinski definition) is 4. The lowest BCUT2D eigenvalue weighted by molar-refractivity contribution is -0.126. The number of ether oxygens (including phenoxy) is 2. The second kappa shape index (κ2) is 8.77. The number of anilines is 1. The third-order valence-electron chi connectivity index (χ3n) is 4.35. The SMILES string of the molecule is COc1ccc(OCCNC(=O)C2CC(=O)N(c3cccc(Cl)c3)C2)cc1. The second-order valence-corrected chi connectivity index (χ2v) is 6.64. The fourth-order valence-electron chi connectivity index (χ4n) is 2.94. The van der Waals surface area contributed by atoms with Crippen molar-refractivity contribution in [2.45, 2.75) is 6.42 Å². The van der Waals surface area contributed by atoms with Gasteiger partial charge in [0.1, 0.15) is 18.1 Å². The molecule has 0 radical (unpaired) electrons. The predicted octanol–water partition coefficient (Wildman–Crippen LogP) is 2.90. The molecule has 0 spiro atoms. The van der Waals surface area contributed by atoms with Gasteiger partial charge < -0.3 is 19.7 Å². The summed E-state index contributed by atoms with van der Waals surface area (Å²) in [5.41, 5.74) is 0.714. The molecule has 1 aliphatic heterocycles. The van der Waals surface area contributed by atoms with Gasteiger partial charge in [-0.25, -0.2) is 0 Å². The average molecular weight is 389 g/mol. The van der Waals surface area contributed by atoms with E-state index in [1.165, 1.54) is 0 Å². The number of hydrogen-bond donors (Lipinski definition) is 1. The Hall–Kier alpha value is -2.73. The van der Waals surface area contributed by atoms with Crippen LogP contribution in [0.5, 0.6) is 11.5 Å². The van der Waals surface area contributed by atoms with Crippen molar-refractivity contribution in [2.24, 2.45) is 5.92 Å². The molecule has 2 aromatic carbocycles.